The van der Waals surface area contributed by atoms with Gasteiger partial charge in [-0.15, -0.1) is 37.1 Å². The zero-order valence-electron chi connectivity index (χ0n) is 11.2. The Kier molecular flexibility index (Phi) is 6.56. The average molecular weight is 415 g/mol. The molecule has 118 valence electrons. The van der Waals surface area contributed by atoms with Crippen molar-refractivity contribution in [2.75, 3.05) is 11.9 Å². The van der Waals surface area contributed by atoms with Gasteiger partial charge in [-0.05, 0) is 36.6 Å². The van der Waals surface area contributed by atoms with Crippen LogP contribution in [0, 0.1) is 5.92 Å². The molecule has 0 bridgehead atoms. The van der Waals surface area contributed by atoms with Gasteiger partial charge in [-0.3, -0.25) is 4.99 Å². The van der Waals surface area contributed by atoms with Gasteiger partial charge in [-0.1, -0.05) is 12.8 Å². The van der Waals surface area contributed by atoms with Crippen LogP contribution in [0.15, 0.2) is 29.3 Å². The van der Waals surface area contributed by atoms with E-state index < -0.39 is 6.36 Å². The van der Waals surface area contributed by atoms with Crippen LogP contribution >= 0.6 is 24.0 Å². The molecule has 0 unspecified atom stereocenters. The number of aliphatic imine (C=N–C) groups is 1. The number of ether oxygens (including phenoxy) is 1. The zero-order chi connectivity index (χ0) is 14.6. The number of hydrogen-bond donors (Lipinski definition) is 2. The first kappa shape index (κ1) is 17.9. The van der Waals surface area contributed by atoms with Crippen molar-refractivity contribution in [2.45, 2.75) is 25.6 Å². The molecule has 2 rings (SSSR count). The lowest BCUT2D eigenvalue weighted by atomic mass is 10.3. The Labute approximate surface area is 138 Å². The van der Waals surface area contributed by atoms with Crippen LogP contribution < -0.4 is 15.8 Å². The predicted molar refractivity (Wildman–Crippen MR) is 86.0 cm³/mol. The molecule has 0 atom stereocenters. The van der Waals surface area contributed by atoms with E-state index >= 15 is 0 Å². The maximum absolute atomic E-state index is 12.0. The Morgan fingerprint density at radius 3 is 2.43 bits per heavy atom. The van der Waals surface area contributed by atoms with Gasteiger partial charge in [0.05, 0.1) is 0 Å². The van der Waals surface area contributed by atoms with Crippen molar-refractivity contribution in [3.63, 3.8) is 0 Å². The summed E-state index contributed by atoms with van der Waals surface area (Å²) >= 11 is 0. The van der Waals surface area contributed by atoms with Crippen LogP contribution in [0.5, 0.6) is 5.75 Å². The van der Waals surface area contributed by atoms with Gasteiger partial charge in [0.25, 0.3) is 0 Å². The number of anilines is 1. The second kappa shape index (κ2) is 7.71. The lowest BCUT2D eigenvalue weighted by Gasteiger charge is -2.10. The Balaban J connectivity index is 0.00000220. The highest BCUT2D eigenvalue weighted by Gasteiger charge is 2.30. The zero-order valence-corrected chi connectivity index (χ0v) is 13.5. The third-order valence-electron chi connectivity index (χ3n) is 2.88. The molecular formula is C13H17F3IN3O. The Hall–Kier alpha value is -1.19. The molecule has 1 saturated carbocycles. The van der Waals surface area contributed by atoms with Crippen molar-refractivity contribution < 1.29 is 17.9 Å². The molecule has 0 aromatic heterocycles. The van der Waals surface area contributed by atoms with Gasteiger partial charge in [-0.2, -0.15) is 0 Å². The van der Waals surface area contributed by atoms with Crippen LogP contribution in [0.4, 0.5) is 18.9 Å². The van der Waals surface area contributed by atoms with Crippen LogP contribution in [-0.2, 0) is 0 Å². The van der Waals surface area contributed by atoms with E-state index in [0.717, 1.165) is 12.3 Å². The number of halogens is 4. The third kappa shape index (κ3) is 7.39. The van der Waals surface area contributed by atoms with Crippen LogP contribution in [0.25, 0.3) is 0 Å². The third-order valence-corrected chi connectivity index (χ3v) is 2.88. The molecule has 1 fully saturated rings. The summed E-state index contributed by atoms with van der Waals surface area (Å²) in [5.41, 5.74) is 6.24. The van der Waals surface area contributed by atoms with E-state index in [9.17, 15) is 13.2 Å². The average Bonchev–Trinajstić information content (AvgIpc) is 3.14. The van der Waals surface area contributed by atoms with E-state index in [4.69, 9.17) is 5.73 Å². The van der Waals surface area contributed by atoms with Crippen LogP contribution in [-0.4, -0.2) is 18.9 Å². The van der Waals surface area contributed by atoms with E-state index in [-0.39, 0.29) is 35.7 Å². The molecule has 4 nitrogen and oxygen atoms in total. The van der Waals surface area contributed by atoms with Crippen molar-refractivity contribution in [3.8, 4) is 5.75 Å². The summed E-state index contributed by atoms with van der Waals surface area (Å²) in [5, 5.41) is 2.82. The van der Waals surface area contributed by atoms with Crippen molar-refractivity contribution in [2.24, 2.45) is 16.6 Å². The number of benzene rings is 1. The number of nitrogens with one attached hydrogen (secondary N) is 1. The molecule has 0 heterocycles. The molecule has 0 radical (unpaired) electrons. The fourth-order valence-electron chi connectivity index (χ4n) is 1.70. The number of guanidine groups is 1. The van der Waals surface area contributed by atoms with Crippen molar-refractivity contribution in [1.29, 1.82) is 0 Å². The van der Waals surface area contributed by atoms with Gasteiger partial charge in [0.15, 0.2) is 5.96 Å². The van der Waals surface area contributed by atoms with Gasteiger partial charge in [-0.25, -0.2) is 0 Å². The van der Waals surface area contributed by atoms with Gasteiger partial charge in [0, 0.05) is 12.2 Å². The smallest absolute Gasteiger partial charge is 0.406 e. The normalized spacial score (nSPS) is 15.3. The maximum Gasteiger partial charge on any atom is 0.573 e. The monoisotopic (exact) mass is 415 g/mol. The predicted octanol–water partition coefficient (Wildman–Crippen LogP) is 3.73. The van der Waals surface area contributed by atoms with Crippen molar-refractivity contribution >= 4 is 35.6 Å². The molecule has 0 saturated heterocycles. The summed E-state index contributed by atoms with van der Waals surface area (Å²) in [6, 6.07) is 5.33. The molecule has 1 aromatic rings. The van der Waals surface area contributed by atoms with Gasteiger partial charge in [0.1, 0.15) is 5.75 Å². The summed E-state index contributed by atoms with van der Waals surface area (Å²) in [4.78, 5) is 4.15. The molecule has 0 amide bonds. The molecule has 1 aliphatic rings. The SMILES string of the molecule is I.NC(=NCCC1CC1)Nc1ccc(OC(F)(F)F)cc1. The standard InChI is InChI=1S/C13H16F3N3O.HI/c14-13(15,16)20-11-5-3-10(4-6-11)19-12(17)18-8-7-9-1-2-9;/h3-6,9H,1-2,7-8H2,(H3,17,18,19);1H. The van der Waals surface area contributed by atoms with Gasteiger partial charge < -0.3 is 15.8 Å². The summed E-state index contributed by atoms with van der Waals surface area (Å²) < 4.78 is 39.7. The molecule has 3 N–H and O–H groups in total. The Morgan fingerprint density at radius 2 is 1.90 bits per heavy atom. The Bertz CT molecular complexity index is 473. The number of rotatable bonds is 5. The van der Waals surface area contributed by atoms with E-state index in [2.05, 4.69) is 15.0 Å². The number of hydrogen-bond acceptors (Lipinski definition) is 2. The Morgan fingerprint density at radius 1 is 1.29 bits per heavy atom. The molecule has 0 spiro atoms. The molecule has 8 heteroatoms. The quantitative estimate of drug-likeness (QED) is 0.438. The molecule has 0 aliphatic heterocycles. The minimum Gasteiger partial charge on any atom is -0.406 e. The summed E-state index contributed by atoms with van der Waals surface area (Å²) in [5.74, 6) is 0.771. The topological polar surface area (TPSA) is 59.6 Å². The van der Waals surface area contributed by atoms with Gasteiger partial charge in [0.2, 0.25) is 0 Å². The molecule has 21 heavy (non-hydrogen) atoms. The summed E-state index contributed by atoms with van der Waals surface area (Å²) in [6.07, 6.45) is -1.12. The maximum atomic E-state index is 12.0. The molecule has 1 aromatic carbocycles. The fourth-order valence-corrected chi connectivity index (χ4v) is 1.70. The van der Waals surface area contributed by atoms with Crippen LogP contribution in [0.2, 0.25) is 0 Å². The fraction of sp³-hybridized carbons (Fsp3) is 0.462. The number of nitrogens with zero attached hydrogens (tertiary/aromatic N) is 1. The lowest BCUT2D eigenvalue weighted by Crippen LogP contribution is -2.23. The highest BCUT2D eigenvalue weighted by Crippen LogP contribution is 2.32. The second-order valence-corrected chi connectivity index (χ2v) is 4.70. The largest absolute Gasteiger partial charge is 0.573 e. The van der Waals surface area contributed by atoms with E-state index in [1.807, 2.05) is 0 Å². The molecular weight excluding hydrogens is 398 g/mol. The van der Waals surface area contributed by atoms with Crippen molar-refractivity contribution in [1.82, 2.24) is 0 Å². The minimum absolute atomic E-state index is 0. The van der Waals surface area contributed by atoms with Crippen LogP contribution in [0.1, 0.15) is 19.3 Å². The van der Waals surface area contributed by atoms with Gasteiger partial charge >= 0.3 is 6.36 Å². The van der Waals surface area contributed by atoms with E-state index in [1.165, 1.54) is 37.1 Å². The van der Waals surface area contributed by atoms with Crippen LogP contribution in [0.3, 0.4) is 0 Å². The minimum atomic E-state index is -4.68. The second-order valence-electron chi connectivity index (χ2n) is 4.70. The number of nitrogens with two attached hydrogens (primary N) is 1. The summed E-state index contributed by atoms with van der Waals surface area (Å²) in [6.45, 7) is 0.665. The lowest BCUT2D eigenvalue weighted by molar-refractivity contribution is -0.274. The molecule has 1 aliphatic carbocycles. The van der Waals surface area contributed by atoms with Crippen molar-refractivity contribution in [3.05, 3.63) is 24.3 Å². The first-order valence-corrected chi connectivity index (χ1v) is 6.35. The first-order chi connectivity index (χ1) is 9.42. The highest BCUT2D eigenvalue weighted by molar-refractivity contribution is 14.0. The van der Waals surface area contributed by atoms with E-state index in [1.54, 1.807) is 0 Å². The highest BCUT2D eigenvalue weighted by atomic mass is 127. The summed E-state index contributed by atoms with van der Waals surface area (Å²) in [7, 11) is 0. The number of alkyl halides is 3. The van der Waals surface area contributed by atoms with E-state index in [0.29, 0.717) is 12.2 Å². The first-order valence-electron chi connectivity index (χ1n) is 6.35.